The molecule has 0 aliphatic heterocycles. The first-order valence-electron chi connectivity index (χ1n) is 15.3. The van der Waals surface area contributed by atoms with Gasteiger partial charge in [0.05, 0.1) is 29.2 Å². The molecule has 0 bridgehead atoms. The van der Waals surface area contributed by atoms with E-state index in [1.165, 1.54) is 29.2 Å². The lowest BCUT2D eigenvalue weighted by Gasteiger charge is -2.14. The lowest BCUT2D eigenvalue weighted by atomic mass is 10.1. The highest BCUT2D eigenvalue weighted by Crippen LogP contribution is 2.37. The summed E-state index contributed by atoms with van der Waals surface area (Å²) >= 11 is 2.85. The molecular formula is C36H30N6O4S3. The fraction of sp³-hybridized carbons (Fsp3) is 0.111. The van der Waals surface area contributed by atoms with Crippen LogP contribution in [0.4, 0.5) is 5.69 Å². The van der Waals surface area contributed by atoms with Crippen molar-refractivity contribution in [2.45, 2.75) is 28.8 Å². The molecule has 7 aromatic rings. The van der Waals surface area contributed by atoms with Crippen molar-refractivity contribution >= 4 is 49.0 Å². The van der Waals surface area contributed by atoms with Crippen molar-refractivity contribution < 1.29 is 13.2 Å². The van der Waals surface area contributed by atoms with Crippen molar-refractivity contribution in [1.29, 1.82) is 0 Å². The van der Waals surface area contributed by atoms with Crippen LogP contribution in [0.5, 0.6) is 5.75 Å². The Kier molecular flexibility index (Phi) is 9.04. The third-order valence-corrected chi connectivity index (χ3v) is 11.2. The van der Waals surface area contributed by atoms with Crippen LogP contribution in [0.15, 0.2) is 129 Å². The number of sulfonamides is 1. The molecule has 3 aromatic heterocycles. The number of nitrogens with zero attached hydrogens (tertiary/aromatic N) is 4. The summed E-state index contributed by atoms with van der Waals surface area (Å²) in [6.45, 7) is 2.40. The molecule has 246 valence electrons. The van der Waals surface area contributed by atoms with E-state index in [0.29, 0.717) is 50.6 Å². The van der Waals surface area contributed by atoms with Crippen LogP contribution < -0.4 is 15.0 Å². The lowest BCUT2D eigenvalue weighted by Crippen LogP contribution is -2.13. The maximum Gasteiger partial charge on any atom is 0.261 e. The summed E-state index contributed by atoms with van der Waals surface area (Å²) in [5.74, 6) is 1.65. The number of benzene rings is 4. The zero-order valence-corrected chi connectivity index (χ0v) is 28.9. The van der Waals surface area contributed by atoms with Crippen LogP contribution in [-0.2, 0) is 16.6 Å². The Morgan fingerprint density at radius 3 is 2.37 bits per heavy atom. The topological polar surface area (TPSA) is 132 Å². The average Bonchev–Trinajstić information content (AvgIpc) is 3.74. The van der Waals surface area contributed by atoms with Crippen LogP contribution in [0.1, 0.15) is 23.6 Å². The zero-order valence-electron chi connectivity index (χ0n) is 26.4. The molecule has 0 radical (unpaired) electrons. The Bertz CT molecular complexity index is 2410. The summed E-state index contributed by atoms with van der Waals surface area (Å²) < 4.78 is 36.6. The number of fused-ring (bicyclic) bond motifs is 1. The molecule has 7 rings (SSSR count). The highest BCUT2D eigenvalue weighted by Gasteiger charge is 2.23. The molecule has 1 unspecified atom stereocenters. The summed E-state index contributed by atoms with van der Waals surface area (Å²) in [7, 11) is -2.37. The van der Waals surface area contributed by atoms with Gasteiger partial charge in [0.25, 0.3) is 15.6 Å². The summed E-state index contributed by atoms with van der Waals surface area (Å²) in [5.41, 5.74) is 3.64. The molecule has 49 heavy (non-hydrogen) atoms. The van der Waals surface area contributed by atoms with Crippen molar-refractivity contribution in [3.05, 3.63) is 136 Å². The van der Waals surface area contributed by atoms with Crippen molar-refractivity contribution in [1.82, 2.24) is 24.7 Å². The van der Waals surface area contributed by atoms with E-state index in [4.69, 9.17) is 9.72 Å². The molecule has 1 atom stereocenters. The smallest absolute Gasteiger partial charge is 0.261 e. The number of aromatic amines is 1. The molecular weight excluding hydrogens is 677 g/mol. The molecule has 0 saturated heterocycles. The second kappa shape index (κ2) is 13.7. The number of rotatable bonds is 11. The molecule has 10 nitrogen and oxygen atoms in total. The van der Waals surface area contributed by atoms with Gasteiger partial charge in [-0.05, 0) is 54.4 Å². The van der Waals surface area contributed by atoms with Gasteiger partial charge in [-0.25, -0.2) is 13.4 Å². The van der Waals surface area contributed by atoms with E-state index in [1.54, 1.807) is 43.5 Å². The lowest BCUT2D eigenvalue weighted by molar-refractivity contribution is 0.415. The quantitative estimate of drug-likeness (QED) is 0.131. The van der Waals surface area contributed by atoms with Gasteiger partial charge in [-0.2, -0.15) is 0 Å². The summed E-state index contributed by atoms with van der Waals surface area (Å²) in [5, 5.41) is 11.9. The van der Waals surface area contributed by atoms with Gasteiger partial charge in [-0.3, -0.25) is 14.1 Å². The molecule has 0 amide bonds. The van der Waals surface area contributed by atoms with Crippen molar-refractivity contribution in [3.8, 4) is 28.3 Å². The molecule has 0 fully saturated rings. The number of thioether (sulfide) groups is 1. The number of hydrogen-bond acceptors (Lipinski definition) is 9. The number of nitrogens with one attached hydrogen (secondary N) is 2. The van der Waals surface area contributed by atoms with Gasteiger partial charge in [0.2, 0.25) is 0 Å². The molecule has 3 heterocycles. The minimum atomic E-state index is -3.92. The van der Waals surface area contributed by atoms with Crippen LogP contribution in [0, 0.1) is 0 Å². The van der Waals surface area contributed by atoms with Crippen molar-refractivity contribution in [3.63, 3.8) is 0 Å². The fourth-order valence-electron chi connectivity index (χ4n) is 5.38. The normalized spacial score (nSPS) is 12.2. The number of H-pyrrole nitrogens is 1. The summed E-state index contributed by atoms with van der Waals surface area (Å²) in [6.07, 6.45) is 0. The Labute approximate surface area is 290 Å². The molecule has 0 aliphatic carbocycles. The summed E-state index contributed by atoms with van der Waals surface area (Å²) in [6, 6.07) is 33.0. The van der Waals surface area contributed by atoms with E-state index < -0.39 is 10.0 Å². The summed E-state index contributed by atoms with van der Waals surface area (Å²) in [4.78, 5) is 22.0. The van der Waals surface area contributed by atoms with Gasteiger partial charge in [0.15, 0.2) is 11.0 Å². The van der Waals surface area contributed by atoms with Gasteiger partial charge in [-0.15, -0.1) is 21.5 Å². The van der Waals surface area contributed by atoms with Crippen molar-refractivity contribution in [2.24, 2.45) is 0 Å². The average molecular weight is 707 g/mol. The van der Waals surface area contributed by atoms with Gasteiger partial charge in [0, 0.05) is 22.2 Å². The highest BCUT2D eigenvalue weighted by atomic mass is 32.2. The zero-order chi connectivity index (χ0) is 34.0. The third kappa shape index (κ3) is 6.86. The highest BCUT2D eigenvalue weighted by molar-refractivity contribution is 7.99. The number of thiophene rings is 1. The Hall–Kier alpha value is -5.24. The molecule has 13 heteroatoms. The third-order valence-electron chi connectivity index (χ3n) is 7.86. The number of hydrogen-bond donors (Lipinski definition) is 2. The molecule has 2 N–H and O–H groups in total. The first kappa shape index (κ1) is 32.3. The molecule has 0 aliphatic rings. The largest absolute Gasteiger partial charge is 0.497 e. The minimum absolute atomic E-state index is 0.0820. The van der Waals surface area contributed by atoms with E-state index in [9.17, 15) is 13.2 Å². The number of anilines is 1. The van der Waals surface area contributed by atoms with Crippen LogP contribution >= 0.6 is 23.1 Å². The molecule has 0 spiro atoms. The van der Waals surface area contributed by atoms with Crippen LogP contribution in [0.2, 0.25) is 0 Å². The number of aromatic nitrogens is 5. The molecule has 4 aromatic carbocycles. The van der Waals surface area contributed by atoms with E-state index in [-0.39, 0.29) is 15.7 Å². The Balaban J connectivity index is 1.21. The Morgan fingerprint density at radius 2 is 1.63 bits per heavy atom. The van der Waals surface area contributed by atoms with E-state index in [1.807, 2.05) is 83.6 Å². The van der Waals surface area contributed by atoms with E-state index in [0.717, 1.165) is 16.7 Å². The standard InChI is InChI=1S/C36H30N6O4S3/c1-23(32-37-34(43)31-30(22-47-35(31)38-32)25-12-7-4-8-13-25)48-36-40-39-33(42(36)21-24-10-5-3-6-11-24)26-14-9-15-29(20-26)49(44,45)41-27-16-18-28(46-2)19-17-27/h3-20,22-23,41H,21H2,1-2H3,(H,37,38,43). The maximum absolute atomic E-state index is 13.4. The van der Waals surface area contributed by atoms with Crippen LogP contribution in [-0.4, -0.2) is 40.3 Å². The van der Waals surface area contributed by atoms with Gasteiger partial charge in [-0.1, -0.05) is 84.6 Å². The minimum Gasteiger partial charge on any atom is -0.497 e. The van der Waals surface area contributed by atoms with Crippen LogP contribution in [0.3, 0.4) is 0 Å². The van der Waals surface area contributed by atoms with E-state index >= 15 is 0 Å². The van der Waals surface area contributed by atoms with Gasteiger partial charge < -0.3 is 9.72 Å². The first-order chi connectivity index (χ1) is 23.8. The predicted molar refractivity (Wildman–Crippen MR) is 195 cm³/mol. The molecule has 0 saturated carbocycles. The maximum atomic E-state index is 13.4. The van der Waals surface area contributed by atoms with Gasteiger partial charge in [0.1, 0.15) is 16.4 Å². The number of methoxy groups -OCH3 is 1. The Morgan fingerprint density at radius 1 is 0.918 bits per heavy atom. The van der Waals surface area contributed by atoms with E-state index in [2.05, 4.69) is 19.9 Å². The van der Waals surface area contributed by atoms with Gasteiger partial charge >= 0.3 is 0 Å². The monoisotopic (exact) mass is 706 g/mol. The second-order valence-electron chi connectivity index (χ2n) is 11.1. The predicted octanol–water partition coefficient (Wildman–Crippen LogP) is 7.62. The SMILES string of the molecule is COc1ccc(NS(=O)(=O)c2cccc(-c3nnc(SC(C)c4nc5scc(-c6ccccc6)c5c(=O)[nH]4)n3Cc3ccccc3)c2)cc1. The second-order valence-corrected chi connectivity index (χ2v) is 15.0. The van der Waals surface area contributed by atoms with Crippen molar-refractivity contribution in [2.75, 3.05) is 11.8 Å². The van der Waals surface area contributed by atoms with Crippen LogP contribution in [0.25, 0.3) is 32.7 Å². The first-order valence-corrected chi connectivity index (χ1v) is 18.5. The fourth-order valence-corrected chi connectivity index (χ4v) is 8.34. The number of ether oxygens (including phenoxy) is 1.